The Labute approximate surface area is 136 Å². The Kier molecular flexibility index (Phi) is 4.20. The Bertz CT molecular complexity index is 782. The minimum Gasteiger partial charge on any atom is -0.485 e. The van der Waals surface area contributed by atoms with E-state index in [0.29, 0.717) is 5.56 Å². The van der Waals surface area contributed by atoms with Crippen LogP contribution in [0, 0.1) is 3.57 Å². The molecule has 0 saturated carbocycles. The van der Waals surface area contributed by atoms with Gasteiger partial charge in [-0.1, -0.05) is 54.6 Å². The molecule has 0 spiro atoms. The summed E-state index contributed by atoms with van der Waals surface area (Å²) in [6.07, 6.45) is 0. The molecule has 0 atom stereocenters. The summed E-state index contributed by atoms with van der Waals surface area (Å²) in [5, 5.41) is 2.31. The predicted octanol–water partition coefficient (Wildman–Crippen LogP) is 4.71. The summed E-state index contributed by atoms with van der Waals surface area (Å²) in [7, 11) is 0. The van der Waals surface area contributed by atoms with E-state index in [1.807, 2.05) is 48.5 Å². The van der Waals surface area contributed by atoms with Gasteiger partial charge in [-0.3, -0.25) is 4.79 Å². The maximum atomic E-state index is 12.0. The molecule has 0 fully saturated rings. The molecule has 0 heterocycles. The van der Waals surface area contributed by atoms with Crippen molar-refractivity contribution in [2.45, 2.75) is 0 Å². The van der Waals surface area contributed by atoms with E-state index in [1.165, 1.54) is 5.39 Å². The van der Waals surface area contributed by atoms with Crippen molar-refractivity contribution in [3.63, 3.8) is 0 Å². The topological polar surface area (TPSA) is 26.3 Å². The molecule has 3 heteroatoms. The van der Waals surface area contributed by atoms with Gasteiger partial charge in [-0.2, -0.15) is 0 Å². The Morgan fingerprint density at radius 1 is 0.952 bits per heavy atom. The summed E-state index contributed by atoms with van der Waals surface area (Å²) < 4.78 is 6.78. The number of ether oxygens (including phenoxy) is 1. The van der Waals surface area contributed by atoms with Crippen molar-refractivity contribution in [2.24, 2.45) is 0 Å². The first-order chi connectivity index (χ1) is 10.2. The first-order valence-electron chi connectivity index (χ1n) is 6.63. The molecule has 3 aromatic carbocycles. The van der Waals surface area contributed by atoms with Crippen LogP contribution in [0.1, 0.15) is 10.4 Å². The van der Waals surface area contributed by atoms with Crippen LogP contribution in [0.3, 0.4) is 0 Å². The highest BCUT2D eigenvalue weighted by Crippen LogP contribution is 2.26. The molecule has 0 amide bonds. The second kappa shape index (κ2) is 6.26. The van der Waals surface area contributed by atoms with E-state index in [0.717, 1.165) is 14.7 Å². The molecule has 0 aliphatic heterocycles. The van der Waals surface area contributed by atoms with Gasteiger partial charge < -0.3 is 4.74 Å². The lowest BCUT2D eigenvalue weighted by atomic mass is 10.1. The molecule has 0 aromatic heterocycles. The van der Waals surface area contributed by atoms with Crippen LogP contribution in [0.4, 0.5) is 0 Å². The number of carbonyl (C=O) groups is 1. The fraction of sp³-hybridized carbons (Fsp3) is 0.0556. The molecule has 104 valence electrons. The molecule has 3 rings (SSSR count). The number of ketones is 1. The van der Waals surface area contributed by atoms with Crippen molar-refractivity contribution in [1.82, 2.24) is 0 Å². The van der Waals surface area contributed by atoms with Gasteiger partial charge in [0, 0.05) is 9.13 Å². The van der Waals surface area contributed by atoms with Gasteiger partial charge in [-0.05, 0) is 45.5 Å². The molecule has 0 bridgehead atoms. The van der Waals surface area contributed by atoms with E-state index in [2.05, 4.69) is 28.7 Å². The minimum absolute atomic E-state index is 0.0150. The van der Waals surface area contributed by atoms with Crippen LogP contribution >= 0.6 is 22.6 Å². The van der Waals surface area contributed by atoms with E-state index < -0.39 is 0 Å². The number of rotatable bonds is 4. The smallest absolute Gasteiger partial charge is 0.200 e. The van der Waals surface area contributed by atoms with Crippen LogP contribution < -0.4 is 4.74 Å². The van der Waals surface area contributed by atoms with Crippen molar-refractivity contribution in [1.29, 1.82) is 0 Å². The SMILES string of the molecule is O=C(COc1cc(I)c2ccccc2c1)c1ccccc1. The zero-order chi connectivity index (χ0) is 14.7. The van der Waals surface area contributed by atoms with Gasteiger partial charge in [0.15, 0.2) is 12.4 Å². The van der Waals surface area contributed by atoms with Gasteiger partial charge in [0.25, 0.3) is 0 Å². The van der Waals surface area contributed by atoms with Gasteiger partial charge >= 0.3 is 0 Å². The summed E-state index contributed by atoms with van der Waals surface area (Å²) >= 11 is 2.29. The number of hydrogen-bond acceptors (Lipinski definition) is 2. The minimum atomic E-state index is -0.0150. The van der Waals surface area contributed by atoms with Crippen LogP contribution in [0.5, 0.6) is 5.75 Å². The monoisotopic (exact) mass is 388 g/mol. The van der Waals surface area contributed by atoms with E-state index in [1.54, 1.807) is 12.1 Å². The lowest BCUT2D eigenvalue weighted by molar-refractivity contribution is 0.0921. The zero-order valence-electron chi connectivity index (χ0n) is 11.3. The Morgan fingerprint density at radius 3 is 2.48 bits per heavy atom. The number of carbonyl (C=O) groups excluding carboxylic acids is 1. The van der Waals surface area contributed by atoms with Crippen molar-refractivity contribution in [2.75, 3.05) is 6.61 Å². The van der Waals surface area contributed by atoms with Crippen LogP contribution in [-0.4, -0.2) is 12.4 Å². The zero-order valence-corrected chi connectivity index (χ0v) is 13.4. The highest BCUT2D eigenvalue weighted by molar-refractivity contribution is 14.1. The molecule has 0 aliphatic carbocycles. The third-order valence-electron chi connectivity index (χ3n) is 3.25. The molecular weight excluding hydrogens is 375 g/mol. The second-order valence-corrected chi connectivity index (χ2v) is 5.87. The average molecular weight is 388 g/mol. The number of fused-ring (bicyclic) bond motifs is 1. The summed E-state index contributed by atoms with van der Waals surface area (Å²) in [5.74, 6) is 0.709. The van der Waals surface area contributed by atoms with Crippen LogP contribution in [-0.2, 0) is 0 Å². The molecule has 0 aliphatic rings. The molecule has 3 aromatic rings. The fourth-order valence-corrected chi connectivity index (χ4v) is 2.98. The Hall–Kier alpha value is -1.88. The van der Waals surface area contributed by atoms with Crippen LogP contribution in [0.2, 0.25) is 0 Å². The lowest BCUT2D eigenvalue weighted by Crippen LogP contribution is -2.11. The molecule has 21 heavy (non-hydrogen) atoms. The van der Waals surface area contributed by atoms with E-state index >= 15 is 0 Å². The maximum absolute atomic E-state index is 12.0. The Morgan fingerprint density at radius 2 is 1.67 bits per heavy atom. The lowest BCUT2D eigenvalue weighted by Gasteiger charge is -2.08. The van der Waals surface area contributed by atoms with Crippen molar-refractivity contribution >= 4 is 39.1 Å². The van der Waals surface area contributed by atoms with E-state index in [-0.39, 0.29) is 12.4 Å². The number of halogens is 1. The fourth-order valence-electron chi connectivity index (χ4n) is 2.18. The molecule has 2 nitrogen and oxygen atoms in total. The number of benzene rings is 3. The number of hydrogen-bond donors (Lipinski definition) is 0. The first-order valence-corrected chi connectivity index (χ1v) is 7.71. The second-order valence-electron chi connectivity index (χ2n) is 4.70. The van der Waals surface area contributed by atoms with E-state index in [9.17, 15) is 4.79 Å². The van der Waals surface area contributed by atoms with E-state index in [4.69, 9.17) is 4.74 Å². The summed E-state index contributed by atoms with van der Waals surface area (Å²) in [5.41, 5.74) is 0.674. The number of Topliss-reactive ketones (excluding diaryl/α,β-unsaturated/α-hetero) is 1. The van der Waals surface area contributed by atoms with Crippen LogP contribution in [0.15, 0.2) is 66.7 Å². The highest BCUT2D eigenvalue weighted by atomic mass is 127. The van der Waals surface area contributed by atoms with Crippen LogP contribution in [0.25, 0.3) is 10.8 Å². The van der Waals surface area contributed by atoms with Crippen molar-refractivity contribution in [3.8, 4) is 5.75 Å². The maximum Gasteiger partial charge on any atom is 0.200 e. The van der Waals surface area contributed by atoms with Crippen molar-refractivity contribution in [3.05, 3.63) is 75.9 Å². The summed E-state index contributed by atoms with van der Waals surface area (Å²) in [6, 6.07) is 21.3. The van der Waals surface area contributed by atoms with Gasteiger partial charge in [0.2, 0.25) is 0 Å². The third-order valence-corrected chi connectivity index (χ3v) is 4.14. The average Bonchev–Trinajstić information content (AvgIpc) is 2.53. The normalized spacial score (nSPS) is 10.5. The van der Waals surface area contributed by atoms with Gasteiger partial charge in [-0.25, -0.2) is 0 Å². The van der Waals surface area contributed by atoms with Gasteiger partial charge in [0.1, 0.15) is 5.75 Å². The Balaban J connectivity index is 1.78. The molecular formula is C18H13IO2. The first kappa shape index (κ1) is 14.1. The quantitative estimate of drug-likeness (QED) is 0.478. The van der Waals surface area contributed by atoms with Gasteiger partial charge in [0.05, 0.1) is 0 Å². The summed E-state index contributed by atoms with van der Waals surface area (Å²) in [4.78, 5) is 12.0. The standard InChI is InChI=1S/C18H13IO2/c19-17-11-15(10-14-8-4-5-9-16(14)17)21-12-18(20)13-6-2-1-3-7-13/h1-11H,12H2. The predicted molar refractivity (Wildman–Crippen MR) is 92.9 cm³/mol. The molecule has 0 saturated heterocycles. The van der Waals surface area contributed by atoms with Gasteiger partial charge in [-0.15, -0.1) is 0 Å². The van der Waals surface area contributed by atoms with Crippen molar-refractivity contribution < 1.29 is 9.53 Å². The molecule has 0 radical (unpaired) electrons. The molecule has 0 N–H and O–H groups in total. The molecule has 0 unspecified atom stereocenters. The third kappa shape index (κ3) is 3.24. The largest absolute Gasteiger partial charge is 0.485 e. The highest BCUT2D eigenvalue weighted by Gasteiger charge is 2.07. The summed E-state index contributed by atoms with van der Waals surface area (Å²) in [6.45, 7) is 0.0540.